The Bertz CT molecular complexity index is 958. The van der Waals surface area contributed by atoms with E-state index in [2.05, 4.69) is 17.1 Å². The second kappa shape index (κ2) is 8.26. The first-order valence-electron chi connectivity index (χ1n) is 10.2. The van der Waals surface area contributed by atoms with Gasteiger partial charge in [-0.2, -0.15) is 10.5 Å². The van der Waals surface area contributed by atoms with Gasteiger partial charge in [0.2, 0.25) is 0 Å². The van der Waals surface area contributed by atoms with Crippen molar-refractivity contribution in [3.05, 3.63) is 17.7 Å². The Balaban J connectivity index is 2.25. The van der Waals surface area contributed by atoms with Crippen molar-refractivity contribution in [1.82, 2.24) is 0 Å². The third-order valence-corrected chi connectivity index (χ3v) is 5.98. The van der Waals surface area contributed by atoms with Crippen molar-refractivity contribution in [2.45, 2.75) is 38.5 Å². The van der Waals surface area contributed by atoms with Crippen LogP contribution in [0.4, 0.5) is 0 Å². The molecule has 0 radical (unpaired) electrons. The Kier molecular flexibility index (Phi) is 6.04. The molecule has 1 aromatic rings. The van der Waals surface area contributed by atoms with Crippen molar-refractivity contribution in [2.24, 2.45) is 21.6 Å². The molecule has 1 fully saturated rings. The molecule has 0 spiro atoms. The van der Waals surface area contributed by atoms with Crippen molar-refractivity contribution < 1.29 is 23.7 Å². The highest BCUT2D eigenvalue weighted by Gasteiger charge is 2.94. The highest BCUT2D eigenvalue weighted by Crippen LogP contribution is 2.82. The van der Waals surface area contributed by atoms with Crippen LogP contribution >= 0.6 is 0 Å². The summed E-state index contributed by atoms with van der Waals surface area (Å²) in [6.07, 6.45) is 1.36. The van der Waals surface area contributed by atoms with Crippen LogP contribution in [0.5, 0.6) is 17.2 Å². The fourth-order valence-corrected chi connectivity index (χ4v) is 4.58. The quantitative estimate of drug-likeness (QED) is 0.563. The molecular weight excluding hydrogens is 400 g/mol. The summed E-state index contributed by atoms with van der Waals surface area (Å²) in [5.41, 5.74) is 3.99. The number of nitriles is 2. The maximum Gasteiger partial charge on any atom is 0.293 e. The number of hydrogen-bond donors (Lipinski definition) is 1. The third kappa shape index (κ3) is 2.77. The van der Waals surface area contributed by atoms with Gasteiger partial charge in [0, 0.05) is 17.5 Å². The molecular formula is C22H28N4O5. The number of nitrogens with two attached hydrogens (primary N) is 1. The van der Waals surface area contributed by atoms with Gasteiger partial charge in [0.05, 0.1) is 46.7 Å². The van der Waals surface area contributed by atoms with Crippen LogP contribution in [0.2, 0.25) is 0 Å². The van der Waals surface area contributed by atoms with Gasteiger partial charge in [-0.25, -0.2) is 4.99 Å². The molecule has 166 valence electrons. The molecule has 3 unspecified atom stereocenters. The van der Waals surface area contributed by atoms with Gasteiger partial charge >= 0.3 is 0 Å². The summed E-state index contributed by atoms with van der Waals surface area (Å²) in [6.45, 7) is 4.46. The zero-order valence-corrected chi connectivity index (χ0v) is 18.5. The Labute approximate surface area is 182 Å². The van der Waals surface area contributed by atoms with Gasteiger partial charge < -0.3 is 29.4 Å². The number of nitrogens with zero attached hydrogens (tertiary/aromatic N) is 3. The summed E-state index contributed by atoms with van der Waals surface area (Å²) in [4.78, 5) is 4.43. The molecule has 0 bridgehead atoms. The van der Waals surface area contributed by atoms with Crippen molar-refractivity contribution in [2.75, 3.05) is 34.5 Å². The summed E-state index contributed by atoms with van der Waals surface area (Å²) in [6, 6.07) is 7.94. The summed E-state index contributed by atoms with van der Waals surface area (Å²) >= 11 is 0. The van der Waals surface area contributed by atoms with Gasteiger partial charge in [0.25, 0.3) is 5.91 Å². The Morgan fingerprint density at radius 2 is 1.48 bits per heavy atom. The fourth-order valence-electron chi connectivity index (χ4n) is 4.58. The fraction of sp³-hybridized carbons (Fsp3) is 0.591. The Morgan fingerprint density at radius 1 is 0.935 bits per heavy atom. The number of amidine groups is 1. The van der Waals surface area contributed by atoms with Crippen LogP contribution in [0.25, 0.3) is 0 Å². The number of rotatable bonds is 10. The highest BCUT2D eigenvalue weighted by atomic mass is 16.7. The molecule has 1 heterocycles. The van der Waals surface area contributed by atoms with Gasteiger partial charge in [-0.3, -0.25) is 0 Å². The van der Waals surface area contributed by atoms with Crippen LogP contribution in [0.1, 0.15) is 38.2 Å². The minimum Gasteiger partial charge on any atom is -0.496 e. The number of benzene rings is 1. The topological polar surface area (TPSA) is 132 Å². The van der Waals surface area contributed by atoms with E-state index < -0.39 is 22.7 Å². The van der Waals surface area contributed by atoms with Crippen LogP contribution < -0.4 is 19.9 Å². The molecule has 2 aliphatic rings. The molecule has 3 atom stereocenters. The number of methoxy groups -OCH3 is 3. The van der Waals surface area contributed by atoms with Gasteiger partial charge in [0.1, 0.15) is 17.0 Å². The molecule has 2 N–H and O–H groups in total. The summed E-state index contributed by atoms with van der Waals surface area (Å²) in [7, 11) is 4.53. The van der Waals surface area contributed by atoms with E-state index >= 15 is 0 Å². The highest BCUT2D eigenvalue weighted by molar-refractivity contribution is 6.00. The molecule has 0 amide bonds. The lowest BCUT2D eigenvalue weighted by Gasteiger charge is -2.32. The van der Waals surface area contributed by atoms with E-state index in [0.29, 0.717) is 48.9 Å². The van der Waals surface area contributed by atoms with Crippen LogP contribution in [0, 0.1) is 33.5 Å². The predicted molar refractivity (Wildman–Crippen MR) is 112 cm³/mol. The van der Waals surface area contributed by atoms with Gasteiger partial charge in [0.15, 0.2) is 16.9 Å². The van der Waals surface area contributed by atoms with E-state index in [9.17, 15) is 10.5 Å². The number of ether oxygens (including phenoxy) is 5. The normalized spacial score (nSPS) is 27.5. The average Bonchev–Trinajstić information content (AvgIpc) is 3.37. The number of fused-ring (bicyclic) bond motifs is 1. The average molecular weight is 428 g/mol. The molecule has 1 aliphatic heterocycles. The first kappa shape index (κ1) is 22.7. The molecule has 1 aliphatic carbocycles. The van der Waals surface area contributed by atoms with Crippen molar-refractivity contribution >= 4 is 5.84 Å². The Hall–Kier alpha value is -3.01. The number of hydrogen-bond acceptors (Lipinski definition) is 9. The maximum atomic E-state index is 10.5. The molecule has 1 aromatic carbocycles. The summed E-state index contributed by atoms with van der Waals surface area (Å²) in [5, 5.41) is 20.7. The van der Waals surface area contributed by atoms with E-state index in [1.165, 1.54) is 21.3 Å². The van der Waals surface area contributed by atoms with Gasteiger partial charge in [-0.15, -0.1) is 0 Å². The zero-order chi connectivity index (χ0) is 22.9. The molecule has 9 nitrogen and oxygen atoms in total. The van der Waals surface area contributed by atoms with Crippen LogP contribution in [0.3, 0.4) is 0 Å². The summed E-state index contributed by atoms with van der Waals surface area (Å²) < 4.78 is 28.5. The van der Waals surface area contributed by atoms with E-state index in [0.717, 1.165) is 0 Å². The standard InChI is InChI=1S/C22H28N4O5/c1-6-8-30-22(31-9-7-2)21(13-24)18(20(21,12-23)19(25)26-22)14-10-16(28-4)17(29-5)11-15(14)27-3/h10-11,18H,6-9H2,1-5H3,(H2,25,26). The minimum absolute atomic E-state index is 0.0191. The Morgan fingerprint density at radius 3 is 1.94 bits per heavy atom. The molecule has 0 aromatic heterocycles. The lowest BCUT2D eigenvalue weighted by atomic mass is 9.93. The molecule has 3 rings (SSSR count). The van der Waals surface area contributed by atoms with Crippen LogP contribution in [-0.2, 0) is 9.47 Å². The van der Waals surface area contributed by atoms with E-state index in [1.807, 2.05) is 13.8 Å². The molecule has 31 heavy (non-hydrogen) atoms. The second-order valence-corrected chi connectivity index (χ2v) is 7.50. The third-order valence-electron chi connectivity index (χ3n) is 5.98. The van der Waals surface area contributed by atoms with Crippen molar-refractivity contribution in [1.29, 1.82) is 10.5 Å². The second-order valence-electron chi connectivity index (χ2n) is 7.50. The SMILES string of the molecule is CCCOC1(OCCC)N=C(N)C2(C#N)C(c3cc(OC)c(OC)cc3OC)C12C#N. The molecule has 0 saturated heterocycles. The van der Waals surface area contributed by atoms with Gasteiger partial charge in [-0.05, 0) is 18.9 Å². The molecule has 1 saturated carbocycles. The minimum atomic E-state index is -1.68. The lowest BCUT2D eigenvalue weighted by Crippen LogP contribution is -2.44. The molecule has 9 heteroatoms. The smallest absolute Gasteiger partial charge is 0.293 e. The monoisotopic (exact) mass is 428 g/mol. The lowest BCUT2D eigenvalue weighted by molar-refractivity contribution is -0.259. The predicted octanol–water partition coefficient (Wildman–Crippen LogP) is 2.71. The van der Waals surface area contributed by atoms with Gasteiger partial charge in [-0.1, -0.05) is 13.8 Å². The zero-order valence-electron chi connectivity index (χ0n) is 18.5. The van der Waals surface area contributed by atoms with Crippen molar-refractivity contribution in [3.8, 4) is 29.4 Å². The number of aliphatic imine (C=N–C) groups is 1. The van der Waals surface area contributed by atoms with Crippen molar-refractivity contribution in [3.63, 3.8) is 0 Å². The first-order chi connectivity index (χ1) is 14.9. The first-order valence-corrected chi connectivity index (χ1v) is 10.2. The summed E-state index contributed by atoms with van der Waals surface area (Å²) in [5.74, 6) is -1.02. The van der Waals surface area contributed by atoms with Crippen LogP contribution in [-0.4, -0.2) is 46.3 Å². The van der Waals surface area contributed by atoms with E-state index in [4.69, 9.17) is 29.4 Å². The van der Waals surface area contributed by atoms with E-state index in [-0.39, 0.29) is 5.84 Å². The maximum absolute atomic E-state index is 10.5. The van der Waals surface area contributed by atoms with E-state index in [1.54, 1.807) is 12.1 Å². The largest absolute Gasteiger partial charge is 0.496 e. The van der Waals surface area contributed by atoms with Crippen LogP contribution in [0.15, 0.2) is 17.1 Å².